The molecule has 2 heterocycles. The monoisotopic (exact) mass is 250 g/mol. The number of anilines is 1. The molecule has 0 aliphatic heterocycles. The van der Waals surface area contributed by atoms with Crippen molar-refractivity contribution >= 4 is 5.69 Å². The lowest BCUT2D eigenvalue weighted by Crippen LogP contribution is -2.01. The minimum atomic E-state index is 0.169. The Bertz CT molecular complexity index is 503. The smallest absolute Gasteiger partial charge is 0.102 e. The summed E-state index contributed by atoms with van der Waals surface area (Å²) >= 11 is 0. The first-order chi connectivity index (χ1) is 8.69. The molecule has 98 valence electrons. The van der Waals surface area contributed by atoms with Gasteiger partial charge in [-0.1, -0.05) is 5.21 Å². The van der Waals surface area contributed by atoms with Gasteiger partial charge in [-0.25, -0.2) is 0 Å². The number of aliphatic hydroxyl groups excluding tert-OH is 1. The van der Waals surface area contributed by atoms with Crippen molar-refractivity contribution in [1.29, 1.82) is 0 Å². The predicted octanol–water partition coefficient (Wildman–Crippen LogP) is 0.315. The molecule has 0 aromatic carbocycles. The lowest BCUT2D eigenvalue weighted by atomic mass is 10.4. The Kier molecular flexibility index (Phi) is 3.93. The van der Waals surface area contributed by atoms with E-state index < -0.39 is 0 Å². The summed E-state index contributed by atoms with van der Waals surface area (Å²) in [6.45, 7) is 3.43. The molecule has 0 saturated heterocycles. The molecule has 2 rings (SSSR count). The normalized spacial score (nSPS) is 10.8. The van der Waals surface area contributed by atoms with Crippen molar-refractivity contribution in [3.05, 3.63) is 23.8 Å². The van der Waals surface area contributed by atoms with Gasteiger partial charge in [0.05, 0.1) is 24.1 Å². The van der Waals surface area contributed by atoms with Gasteiger partial charge in [-0.15, -0.1) is 5.10 Å². The number of nitrogens with zero attached hydrogens (tertiary/aromatic N) is 5. The van der Waals surface area contributed by atoms with Crippen molar-refractivity contribution in [3.63, 3.8) is 0 Å². The predicted molar refractivity (Wildman–Crippen MR) is 67.0 cm³/mol. The summed E-state index contributed by atoms with van der Waals surface area (Å²) in [6, 6.07) is 0. The summed E-state index contributed by atoms with van der Waals surface area (Å²) in [7, 11) is 1.89. The Morgan fingerprint density at radius 3 is 2.89 bits per heavy atom. The third-order valence-electron chi connectivity index (χ3n) is 2.60. The molecule has 2 N–H and O–H groups in total. The standard InChI is InChI=1S/C11H18N6O/c1-9-11(8-16(2)14-9)12-6-10-7-17(15-13-10)4-3-5-18/h7-8,12,18H,3-6H2,1-2H3. The summed E-state index contributed by atoms with van der Waals surface area (Å²) in [5.41, 5.74) is 2.84. The van der Waals surface area contributed by atoms with E-state index in [0.29, 0.717) is 19.5 Å². The highest BCUT2D eigenvalue weighted by Crippen LogP contribution is 2.12. The first kappa shape index (κ1) is 12.6. The highest BCUT2D eigenvalue weighted by Gasteiger charge is 2.04. The van der Waals surface area contributed by atoms with Crippen LogP contribution in [0.5, 0.6) is 0 Å². The molecule has 7 heteroatoms. The molecule has 18 heavy (non-hydrogen) atoms. The fraction of sp³-hybridized carbons (Fsp3) is 0.545. The van der Waals surface area contributed by atoms with Crippen molar-refractivity contribution in [3.8, 4) is 0 Å². The fourth-order valence-electron chi connectivity index (χ4n) is 1.72. The molecule has 0 aliphatic carbocycles. The van der Waals surface area contributed by atoms with Crippen LogP contribution in [0.3, 0.4) is 0 Å². The minimum absolute atomic E-state index is 0.169. The summed E-state index contributed by atoms with van der Waals surface area (Å²) in [6.07, 6.45) is 4.51. The first-order valence-electron chi connectivity index (χ1n) is 5.93. The maximum absolute atomic E-state index is 8.74. The van der Waals surface area contributed by atoms with Gasteiger partial charge in [-0.2, -0.15) is 5.10 Å². The molecule has 0 amide bonds. The highest BCUT2D eigenvalue weighted by atomic mass is 16.3. The van der Waals surface area contributed by atoms with Crippen LogP contribution in [0.2, 0.25) is 0 Å². The van der Waals surface area contributed by atoms with Gasteiger partial charge in [0, 0.05) is 26.4 Å². The fourth-order valence-corrected chi connectivity index (χ4v) is 1.72. The number of hydrogen-bond acceptors (Lipinski definition) is 5. The molecule has 2 aromatic heterocycles. The lowest BCUT2D eigenvalue weighted by molar-refractivity contribution is 0.276. The third-order valence-corrected chi connectivity index (χ3v) is 2.60. The number of aryl methyl sites for hydroxylation is 3. The lowest BCUT2D eigenvalue weighted by Gasteiger charge is -2.00. The van der Waals surface area contributed by atoms with E-state index in [1.165, 1.54) is 0 Å². The van der Waals surface area contributed by atoms with Crippen molar-refractivity contribution in [2.45, 2.75) is 26.4 Å². The molecule has 0 spiro atoms. The number of nitrogens with one attached hydrogen (secondary N) is 1. The Morgan fingerprint density at radius 2 is 2.22 bits per heavy atom. The van der Waals surface area contributed by atoms with Crippen LogP contribution in [-0.2, 0) is 20.1 Å². The number of rotatable bonds is 6. The van der Waals surface area contributed by atoms with Crippen LogP contribution in [0.25, 0.3) is 0 Å². The van der Waals surface area contributed by atoms with Gasteiger partial charge in [0.2, 0.25) is 0 Å². The average Bonchev–Trinajstić information content (AvgIpc) is 2.91. The highest BCUT2D eigenvalue weighted by molar-refractivity contribution is 5.45. The molecular weight excluding hydrogens is 232 g/mol. The van der Waals surface area contributed by atoms with Crippen molar-refractivity contribution in [2.75, 3.05) is 11.9 Å². The van der Waals surface area contributed by atoms with Gasteiger partial charge in [0.15, 0.2) is 0 Å². The summed E-state index contributed by atoms with van der Waals surface area (Å²) in [5, 5.41) is 24.3. The van der Waals surface area contributed by atoms with Crippen LogP contribution >= 0.6 is 0 Å². The van der Waals surface area contributed by atoms with E-state index in [4.69, 9.17) is 5.11 Å². The third kappa shape index (κ3) is 3.07. The Morgan fingerprint density at radius 1 is 1.39 bits per heavy atom. The van der Waals surface area contributed by atoms with Gasteiger partial charge in [0.1, 0.15) is 5.69 Å². The van der Waals surface area contributed by atoms with Gasteiger partial charge in [0.25, 0.3) is 0 Å². The number of aliphatic hydroxyl groups is 1. The Balaban J connectivity index is 1.90. The van der Waals surface area contributed by atoms with Crippen molar-refractivity contribution < 1.29 is 5.11 Å². The summed E-state index contributed by atoms with van der Waals surface area (Å²) < 4.78 is 3.51. The molecule has 0 bridgehead atoms. The van der Waals surface area contributed by atoms with Gasteiger partial charge < -0.3 is 10.4 Å². The van der Waals surface area contributed by atoms with Crippen LogP contribution in [-0.4, -0.2) is 36.5 Å². The molecule has 0 aliphatic rings. The molecule has 0 atom stereocenters. The zero-order chi connectivity index (χ0) is 13.0. The Labute approximate surface area is 105 Å². The van der Waals surface area contributed by atoms with E-state index in [9.17, 15) is 0 Å². The number of aromatic nitrogens is 5. The van der Waals surface area contributed by atoms with Crippen molar-refractivity contribution in [1.82, 2.24) is 24.8 Å². The SMILES string of the molecule is Cc1nn(C)cc1NCc1cn(CCCO)nn1. The molecule has 0 fully saturated rings. The molecule has 0 radical (unpaired) electrons. The minimum Gasteiger partial charge on any atom is -0.396 e. The van der Waals surface area contributed by atoms with Gasteiger partial charge in [-0.3, -0.25) is 9.36 Å². The summed E-state index contributed by atoms with van der Waals surface area (Å²) in [4.78, 5) is 0. The van der Waals surface area contributed by atoms with E-state index in [0.717, 1.165) is 17.1 Å². The van der Waals surface area contributed by atoms with E-state index >= 15 is 0 Å². The molecule has 2 aromatic rings. The van der Waals surface area contributed by atoms with E-state index in [1.807, 2.05) is 26.4 Å². The van der Waals surface area contributed by atoms with Crippen molar-refractivity contribution in [2.24, 2.45) is 7.05 Å². The zero-order valence-corrected chi connectivity index (χ0v) is 10.7. The Hall–Kier alpha value is -1.89. The quantitative estimate of drug-likeness (QED) is 0.771. The van der Waals surface area contributed by atoms with E-state index in [-0.39, 0.29) is 6.61 Å². The van der Waals surface area contributed by atoms with Gasteiger partial charge in [-0.05, 0) is 13.3 Å². The zero-order valence-electron chi connectivity index (χ0n) is 10.7. The second-order valence-corrected chi connectivity index (χ2v) is 4.21. The molecule has 7 nitrogen and oxygen atoms in total. The second kappa shape index (κ2) is 5.63. The van der Waals surface area contributed by atoms with E-state index in [1.54, 1.807) is 9.36 Å². The molecular formula is C11H18N6O. The second-order valence-electron chi connectivity index (χ2n) is 4.21. The topological polar surface area (TPSA) is 80.8 Å². The van der Waals surface area contributed by atoms with Crippen LogP contribution in [0.1, 0.15) is 17.8 Å². The maximum Gasteiger partial charge on any atom is 0.102 e. The van der Waals surface area contributed by atoms with E-state index in [2.05, 4.69) is 20.7 Å². The van der Waals surface area contributed by atoms with Crippen LogP contribution in [0, 0.1) is 6.92 Å². The van der Waals surface area contributed by atoms with Crippen LogP contribution in [0.15, 0.2) is 12.4 Å². The molecule has 0 saturated carbocycles. The number of hydrogen-bond donors (Lipinski definition) is 2. The van der Waals surface area contributed by atoms with Crippen LogP contribution < -0.4 is 5.32 Å². The van der Waals surface area contributed by atoms with Crippen LogP contribution in [0.4, 0.5) is 5.69 Å². The molecule has 0 unspecified atom stereocenters. The average molecular weight is 250 g/mol. The maximum atomic E-state index is 8.74. The summed E-state index contributed by atoms with van der Waals surface area (Å²) in [5.74, 6) is 0. The first-order valence-corrected chi connectivity index (χ1v) is 5.93. The van der Waals surface area contributed by atoms with Gasteiger partial charge >= 0.3 is 0 Å². The largest absolute Gasteiger partial charge is 0.396 e.